The van der Waals surface area contributed by atoms with E-state index in [4.69, 9.17) is 21.1 Å². The van der Waals surface area contributed by atoms with E-state index >= 15 is 0 Å². The highest BCUT2D eigenvalue weighted by molar-refractivity contribution is 7.90. The molecule has 2 bridgehead atoms. The average Bonchev–Trinajstić information content (AvgIpc) is 3.43. The molecule has 2 aliphatic carbocycles. The van der Waals surface area contributed by atoms with Crippen molar-refractivity contribution < 1.29 is 27.5 Å². The van der Waals surface area contributed by atoms with Gasteiger partial charge in [-0.25, -0.2) is 17.9 Å². The number of carbonyl (C=O) groups excluding carboxylic acids is 2. The minimum Gasteiger partial charge on any atom is -0.490 e. The van der Waals surface area contributed by atoms with E-state index in [0.717, 1.165) is 38.5 Å². The van der Waals surface area contributed by atoms with Gasteiger partial charge in [0.2, 0.25) is 0 Å². The molecule has 2 fully saturated rings. The summed E-state index contributed by atoms with van der Waals surface area (Å²) < 4.78 is 42.4. The number of amides is 2. The molecule has 252 valence electrons. The summed E-state index contributed by atoms with van der Waals surface area (Å²) in [5.74, 6) is 0.372. The van der Waals surface area contributed by atoms with E-state index in [-0.39, 0.29) is 22.1 Å². The molecule has 2 aromatic rings. The van der Waals surface area contributed by atoms with Crippen molar-refractivity contribution in [3.63, 3.8) is 0 Å². The third kappa shape index (κ3) is 6.22. The number of hydrogen-bond acceptors (Lipinski definition) is 8. The van der Waals surface area contributed by atoms with E-state index in [0.29, 0.717) is 55.7 Å². The molecule has 5 aliphatic rings. The lowest BCUT2D eigenvalue weighted by atomic mass is 9.68. The molecule has 7 rings (SSSR count). The predicted molar refractivity (Wildman–Crippen MR) is 179 cm³/mol. The van der Waals surface area contributed by atoms with Gasteiger partial charge in [0.25, 0.3) is 15.9 Å². The fraction of sp³-hybridized carbons (Fsp3) is 0.543. The summed E-state index contributed by atoms with van der Waals surface area (Å²) in [7, 11) is -0.777. The summed E-state index contributed by atoms with van der Waals surface area (Å²) in [6.45, 7) is 2.85. The Morgan fingerprint density at radius 2 is 1.98 bits per heavy atom. The minimum absolute atomic E-state index is 0.0319. The number of sulfonamides is 1. The number of anilines is 1. The first kappa shape index (κ1) is 32.3. The Balaban J connectivity index is 1.31. The number of nitrogens with zero attached hydrogens (tertiary/aromatic N) is 3. The number of benzene rings is 2. The van der Waals surface area contributed by atoms with Crippen LogP contribution < -0.4 is 14.4 Å². The molecule has 3 heterocycles. The highest BCUT2D eigenvalue weighted by Crippen LogP contribution is 2.47. The molecule has 1 saturated carbocycles. The molecule has 3 aliphatic heterocycles. The molecule has 1 N–H and O–H groups in total. The minimum atomic E-state index is -4.14. The van der Waals surface area contributed by atoms with Crippen LogP contribution in [0.5, 0.6) is 5.75 Å². The van der Waals surface area contributed by atoms with Crippen LogP contribution in [0.25, 0.3) is 0 Å². The van der Waals surface area contributed by atoms with Crippen LogP contribution in [0.15, 0.2) is 53.4 Å². The number of rotatable bonds is 1. The quantitative estimate of drug-likeness (QED) is 0.430. The van der Waals surface area contributed by atoms with Crippen LogP contribution in [-0.2, 0) is 31.4 Å². The molecule has 1 saturated heterocycles. The first-order valence-corrected chi connectivity index (χ1v) is 18.6. The smallest absolute Gasteiger partial charge is 0.409 e. The Kier molecular flexibility index (Phi) is 8.68. The lowest BCUT2D eigenvalue weighted by Gasteiger charge is -2.46. The van der Waals surface area contributed by atoms with Crippen molar-refractivity contribution in [3.05, 3.63) is 64.7 Å². The summed E-state index contributed by atoms with van der Waals surface area (Å²) in [4.78, 5) is 32.0. The lowest BCUT2D eigenvalue weighted by Crippen LogP contribution is -2.50. The largest absolute Gasteiger partial charge is 0.490 e. The molecule has 1 spiro atoms. The number of carbonyl (C=O) groups is 2. The fourth-order valence-corrected chi connectivity index (χ4v) is 9.45. The van der Waals surface area contributed by atoms with Crippen LogP contribution in [-0.4, -0.2) is 89.2 Å². The van der Waals surface area contributed by atoms with Crippen LogP contribution in [0.1, 0.15) is 49.7 Å². The van der Waals surface area contributed by atoms with Gasteiger partial charge >= 0.3 is 6.09 Å². The van der Waals surface area contributed by atoms with E-state index in [1.165, 1.54) is 22.1 Å². The van der Waals surface area contributed by atoms with Crippen molar-refractivity contribution in [3.8, 4) is 5.75 Å². The zero-order chi connectivity index (χ0) is 32.9. The summed E-state index contributed by atoms with van der Waals surface area (Å²) in [6, 6.07) is 10.5. The maximum Gasteiger partial charge on any atom is 0.409 e. The molecule has 2 amide bonds. The van der Waals surface area contributed by atoms with E-state index in [9.17, 15) is 18.0 Å². The van der Waals surface area contributed by atoms with Gasteiger partial charge in [-0.2, -0.15) is 0 Å². The van der Waals surface area contributed by atoms with Crippen molar-refractivity contribution in [1.82, 2.24) is 14.5 Å². The molecular weight excluding hydrogens is 640 g/mol. The van der Waals surface area contributed by atoms with Crippen LogP contribution in [0.4, 0.5) is 10.5 Å². The molecule has 10 nitrogen and oxygen atoms in total. The highest BCUT2D eigenvalue weighted by Gasteiger charge is 2.45. The molecule has 12 heteroatoms. The van der Waals surface area contributed by atoms with Crippen LogP contribution >= 0.6 is 11.6 Å². The number of ether oxygens (including phenoxy) is 2. The van der Waals surface area contributed by atoms with Gasteiger partial charge in [-0.15, -0.1) is 0 Å². The van der Waals surface area contributed by atoms with E-state index in [1.54, 1.807) is 26.2 Å². The normalized spacial score (nSPS) is 30.8. The first-order chi connectivity index (χ1) is 22.5. The number of nitrogens with one attached hydrogen (secondary N) is 1. The predicted octanol–water partition coefficient (Wildman–Crippen LogP) is 4.75. The molecule has 0 aromatic heterocycles. The Morgan fingerprint density at radius 1 is 1.13 bits per heavy atom. The SMILES string of the molecule is CN(C)C(=O)O[C@H]1/C=C\CN2CCC[C@H]2C(=O)NS(=O)(=O)c2ccc3c(c2)N(C[C@@H]2CC[C@H]21)C[C@@]1(CCCc2cc(Cl)ccc21)CO3. The van der Waals surface area contributed by atoms with Gasteiger partial charge in [0.1, 0.15) is 11.9 Å². The van der Waals surface area contributed by atoms with E-state index in [1.807, 2.05) is 23.1 Å². The maximum absolute atomic E-state index is 13.7. The van der Waals surface area contributed by atoms with Crippen LogP contribution in [0, 0.1) is 11.8 Å². The number of hydrogen-bond donors (Lipinski definition) is 1. The van der Waals surface area contributed by atoms with E-state index < -0.39 is 34.2 Å². The average molecular weight is 683 g/mol. The van der Waals surface area contributed by atoms with Gasteiger partial charge in [-0.05, 0) is 105 Å². The summed E-state index contributed by atoms with van der Waals surface area (Å²) in [6.07, 6.45) is 9.21. The number of halogens is 1. The maximum atomic E-state index is 13.7. The molecular formula is C35H43ClN4O6S. The van der Waals surface area contributed by atoms with Crippen molar-refractivity contribution in [1.29, 1.82) is 0 Å². The fourth-order valence-electron chi connectivity index (χ4n) is 8.22. The summed E-state index contributed by atoms with van der Waals surface area (Å²) in [5.41, 5.74) is 2.81. The van der Waals surface area contributed by atoms with Crippen LogP contribution in [0.2, 0.25) is 5.02 Å². The topological polar surface area (TPSA) is 108 Å². The van der Waals surface area contributed by atoms with Crippen molar-refractivity contribution >= 4 is 39.3 Å². The third-order valence-corrected chi connectivity index (χ3v) is 12.4. The molecule has 5 atom stereocenters. The van der Waals surface area contributed by atoms with Crippen molar-refractivity contribution in [2.24, 2.45) is 11.8 Å². The number of aryl methyl sites for hydroxylation is 1. The van der Waals surface area contributed by atoms with Gasteiger partial charge in [0, 0.05) is 50.1 Å². The van der Waals surface area contributed by atoms with Gasteiger partial charge in [0.05, 0.1) is 23.2 Å². The molecule has 47 heavy (non-hydrogen) atoms. The second-order valence-corrected chi connectivity index (χ2v) is 16.1. The Bertz CT molecular complexity index is 1700. The standard InChI is InChI=1S/C35H43ClN4O6S/c1-38(2)34(42)46-31-8-5-17-39-16-4-7-29(39)33(41)37-47(43,44)26-11-14-32-30(19-26)40(20-24-9-12-27(24)31)21-35(22-45-32)15-3-6-23-18-25(36)10-13-28(23)35/h5,8,10-11,13-14,18-19,24,27,29,31H,3-4,6-7,9,12,15-17,20-22H2,1-2H3,(H,37,41)/b8-5-/t24-,27+,29-,31-,35-/m0/s1. The highest BCUT2D eigenvalue weighted by atomic mass is 35.5. The lowest BCUT2D eigenvalue weighted by molar-refractivity contribution is -0.123. The second-order valence-electron chi connectivity index (χ2n) is 14.0. The molecule has 2 aromatic carbocycles. The Morgan fingerprint density at radius 3 is 2.77 bits per heavy atom. The van der Waals surface area contributed by atoms with Crippen molar-refractivity contribution in [2.75, 3.05) is 51.8 Å². The summed E-state index contributed by atoms with van der Waals surface area (Å²) in [5, 5.41) is 0.713. The number of fused-ring (bicyclic) bond motifs is 5. The van der Waals surface area contributed by atoms with Crippen molar-refractivity contribution in [2.45, 2.75) is 67.4 Å². The van der Waals surface area contributed by atoms with Gasteiger partial charge in [-0.3, -0.25) is 9.69 Å². The van der Waals surface area contributed by atoms with Gasteiger partial charge < -0.3 is 19.3 Å². The molecule has 0 unspecified atom stereocenters. The molecule has 0 radical (unpaired) electrons. The monoisotopic (exact) mass is 682 g/mol. The Hall–Kier alpha value is -3.28. The Labute approximate surface area is 282 Å². The first-order valence-electron chi connectivity index (χ1n) is 16.7. The van der Waals surface area contributed by atoms with E-state index in [2.05, 4.69) is 21.8 Å². The second kappa shape index (κ2) is 12.6. The van der Waals surface area contributed by atoms with Gasteiger partial charge in [0.15, 0.2) is 0 Å². The van der Waals surface area contributed by atoms with Crippen LogP contribution in [0.3, 0.4) is 0 Å². The summed E-state index contributed by atoms with van der Waals surface area (Å²) >= 11 is 6.42. The zero-order valence-corrected chi connectivity index (χ0v) is 28.6. The zero-order valence-electron chi connectivity index (χ0n) is 27.0. The third-order valence-electron chi connectivity index (χ3n) is 10.8. The van der Waals surface area contributed by atoms with Gasteiger partial charge in [-0.1, -0.05) is 23.7 Å².